The van der Waals surface area contributed by atoms with Crippen molar-refractivity contribution in [1.29, 1.82) is 0 Å². The highest BCUT2D eigenvalue weighted by Crippen LogP contribution is 2.47. The molecule has 0 aromatic heterocycles. The predicted molar refractivity (Wildman–Crippen MR) is 235 cm³/mol. The van der Waals surface area contributed by atoms with Gasteiger partial charge in [-0.25, -0.2) is 4.57 Å². The number of esters is 2. The van der Waals surface area contributed by atoms with Gasteiger partial charge in [-0.15, -0.1) is 0 Å². The van der Waals surface area contributed by atoms with E-state index >= 15 is 0 Å². The number of hydrogen-bond donors (Lipinski definition) is 6. The summed E-state index contributed by atoms with van der Waals surface area (Å²) < 4.78 is 33.3. The Bertz CT molecular complexity index is 1370. The minimum Gasteiger partial charge on any atom is -0.462 e. The van der Waals surface area contributed by atoms with Gasteiger partial charge in [-0.1, -0.05) is 131 Å². The molecule has 1 aliphatic rings. The maximum Gasteiger partial charge on any atom is 0.472 e. The summed E-state index contributed by atoms with van der Waals surface area (Å²) in [7, 11) is -5.14. The smallest absolute Gasteiger partial charge is 0.462 e. The second-order valence-corrected chi connectivity index (χ2v) is 16.2. The Morgan fingerprint density at radius 1 is 0.533 bits per heavy atom. The van der Waals surface area contributed by atoms with Gasteiger partial charge in [0.2, 0.25) is 0 Å². The van der Waals surface area contributed by atoms with E-state index in [2.05, 4.69) is 80.7 Å². The normalized spacial score (nSPS) is 23.0. The summed E-state index contributed by atoms with van der Waals surface area (Å²) in [6, 6.07) is 0. The molecule has 1 saturated carbocycles. The van der Waals surface area contributed by atoms with Gasteiger partial charge >= 0.3 is 19.8 Å². The Morgan fingerprint density at radius 3 is 1.52 bits per heavy atom. The summed E-state index contributed by atoms with van der Waals surface area (Å²) in [6.45, 7) is 3.06. The Labute approximate surface area is 358 Å². The van der Waals surface area contributed by atoms with Crippen LogP contribution < -0.4 is 0 Å². The number of allylic oxidation sites excluding steroid dienone is 14. The van der Waals surface area contributed by atoms with Crippen LogP contribution in [0.3, 0.4) is 0 Å². The van der Waals surface area contributed by atoms with E-state index in [4.69, 9.17) is 18.5 Å². The molecule has 0 aromatic carbocycles. The molecule has 0 spiro atoms. The maximum absolute atomic E-state index is 12.8. The summed E-state index contributed by atoms with van der Waals surface area (Å²) in [5, 5.41) is 50.1. The SMILES string of the molecule is CC/C=C\C/C=C\C/C=C\C/C=C\C/C=C\C/C=C\CCC(=O)OC[C@H](COP(=O)(O)OC1C(O)C(O)C(O)[C@@H](O)C1O)OC(=O)CCCCCCC/C=C\CCCCC. The molecular weight excluding hydrogens is 791 g/mol. The van der Waals surface area contributed by atoms with E-state index in [0.29, 0.717) is 19.3 Å². The Balaban J connectivity index is 2.54. The van der Waals surface area contributed by atoms with Gasteiger partial charge in [-0.2, -0.15) is 0 Å². The fourth-order valence-electron chi connectivity index (χ4n) is 5.95. The fraction of sp³-hybridized carbons (Fsp3) is 0.652. The zero-order chi connectivity index (χ0) is 44.3. The number of carbonyl (C=O) groups excluding carboxylic acids is 2. The van der Waals surface area contributed by atoms with Crippen LogP contribution >= 0.6 is 7.82 Å². The first kappa shape index (κ1) is 55.0. The molecule has 0 saturated heterocycles. The zero-order valence-corrected chi connectivity index (χ0v) is 36.9. The Kier molecular flexibility index (Phi) is 32.7. The molecule has 0 bridgehead atoms. The average Bonchev–Trinajstić information content (AvgIpc) is 3.23. The quantitative estimate of drug-likeness (QED) is 0.0157. The largest absolute Gasteiger partial charge is 0.472 e. The molecule has 1 fully saturated rings. The maximum atomic E-state index is 12.8. The van der Waals surface area contributed by atoms with Crippen LogP contribution in [0.5, 0.6) is 0 Å². The molecular formula is C46H75O13P. The van der Waals surface area contributed by atoms with E-state index in [0.717, 1.165) is 70.6 Å². The van der Waals surface area contributed by atoms with Crippen LogP contribution in [0.4, 0.5) is 0 Å². The minimum atomic E-state index is -5.14. The minimum absolute atomic E-state index is 0.0356. The number of unbranched alkanes of at least 4 members (excludes halogenated alkanes) is 8. The number of aliphatic hydroxyl groups excluding tert-OH is 5. The van der Waals surface area contributed by atoms with Crippen molar-refractivity contribution in [1.82, 2.24) is 0 Å². The van der Waals surface area contributed by atoms with E-state index < -0.39 is 75.7 Å². The first-order valence-corrected chi connectivity index (χ1v) is 23.4. The first-order valence-electron chi connectivity index (χ1n) is 21.9. The lowest BCUT2D eigenvalue weighted by molar-refractivity contribution is -0.220. The molecule has 8 atom stereocenters. The molecule has 6 N–H and O–H groups in total. The molecule has 13 nitrogen and oxygen atoms in total. The van der Waals surface area contributed by atoms with Crippen LogP contribution in [0.1, 0.15) is 136 Å². The molecule has 0 radical (unpaired) electrons. The predicted octanol–water partition coefficient (Wildman–Crippen LogP) is 8.11. The van der Waals surface area contributed by atoms with Crippen molar-refractivity contribution in [3.8, 4) is 0 Å². The molecule has 0 aliphatic heterocycles. The second kappa shape index (κ2) is 35.6. The lowest BCUT2D eigenvalue weighted by Gasteiger charge is -2.41. The number of hydrogen-bond acceptors (Lipinski definition) is 12. The van der Waals surface area contributed by atoms with Crippen LogP contribution in [0, 0.1) is 0 Å². The average molecular weight is 867 g/mol. The number of phosphoric ester groups is 1. The van der Waals surface area contributed by atoms with Crippen molar-refractivity contribution in [2.45, 2.75) is 179 Å². The topological polar surface area (TPSA) is 210 Å². The molecule has 6 unspecified atom stereocenters. The highest BCUT2D eigenvalue weighted by molar-refractivity contribution is 7.47. The molecule has 14 heteroatoms. The van der Waals surface area contributed by atoms with E-state index in [1.54, 1.807) is 0 Å². The van der Waals surface area contributed by atoms with Crippen molar-refractivity contribution in [2.24, 2.45) is 0 Å². The summed E-state index contributed by atoms with van der Waals surface area (Å²) in [5.74, 6) is -1.22. The Morgan fingerprint density at radius 2 is 0.983 bits per heavy atom. The van der Waals surface area contributed by atoms with Gasteiger partial charge in [0.05, 0.1) is 6.61 Å². The lowest BCUT2D eigenvalue weighted by Crippen LogP contribution is -2.64. The highest BCUT2D eigenvalue weighted by atomic mass is 31.2. The van der Waals surface area contributed by atoms with E-state index in [1.165, 1.54) is 19.3 Å². The molecule has 0 heterocycles. The van der Waals surface area contributed by atoms with Gasteiger partial charge in [0, 0.05) is 12.8 Å². The van der Waals surface area contributed by atoms with Crippen molar-refractivity contribution < 1.29 is 63.1 Å². The summed E-state index contributed by atoms with van der Waals surface area (Å²) in [5.41, 5.74) is 0. The number of aliphatic hydroxyl groups is 5. The number of rotatable bonds is 34. The van der Waals surface area contributed by atoms with Crippen molar-refractivity contribution in [3.05, 3.63) is 85.1 Å². The van der Waals surface area contributed by atoms with Crippen LogP contribution in [-0.4, -0.2) is 98.3 Å². The second-order valence-electron chi connectivity index (χ2n) is 14.8. The van der Waals surface area contributed by atoms with Gasteiger partial charge in [-0.05, 0) is 77.0 Å². The summed E-state index contributed by atoms with van der Waals surface area (Å²) in [6.07, 6.45) is 32.3. The van der Waals surface area contributed by atoms with Gasteiger partial charge in [0.15, 0.2) is 6.10 Å². The molecule has 342 valence electrons. The van der Waals surface area contributed by atoms with E-state index in [-0.39, 0.29) is 12.8 Å². The van der Waals surface area contributed by atoms with Crippen LogP contribution in [0.2, 0.25) is 0 Å². The van der Waals surface area contributed by atoms with Crippen LogP contribution in [0.25, 0.3) is 0 Å². The van der Waals surface area contributed by atoms with E-state index in [1.807, 2.05) is 18.2 Å². The standard InChI is InChI=1S/C46H75O13P/c1-3-5-7-9-11-13-15-17-18-19-20-21-22-23-25-26-28-30-32-34-39(47)56-36-38(58-40(48)35-33-31-29-27-24-16-14-12-10-8-6-4-2)37-57-60(54,55)59-46-44(52)42(50)41(49)43(51)45(46)53/h5,7,11-14,17-18,20-21,23,25,28,30,38,41-46,49-53H,3-4,6,8-10,15-16,19,22,24,26-27,29,31-37H2,1-2H3,(H,54,55)/b7-5-,13-11-,14-12-,18-17-,21-20-,25-23-,30-28-/t38-,41?,42-,43?,44?,45?,46?/m1/s1. The molecule has 0 aromatic rings. The molecule has 1 rings (SSSR count). The molecule has 0 amide bonds. The molecule has 60 heavy (non-hydrogen) atoms. The third kappa shape index (κ3) is 27.8. The van der Waals surface area contributed by atoms with E-state index in [9.17, 15) is 44.6 Å². The van der Waals surface area contributed by atoms with Crippen molar-refractivity contribution in [2.75, 3.05) is 13.2 Å². The summed E-state index contributed by atoms with van der Waals surface area (Å²) in [4.78, 5) is 35.6. The summed E-state index contributed by atoms with van der Waals surface area (Å²) >= 11 is 0. The number of carbonyl (C=O) groups is 2. The van der Waals surface area contributed by atoms with Crippen molar-refractivity contribution in [3.63, 3.8) is 0 Å². The van der Waals surface area contributed by atoms with Crippen LogP contribution in [-0.2, 0) is 32.7 Å². The number of ether oxygens (including phenoxy) is 2. The van der Waals surface area contributed by atoms with Crippen molar-refractivity contribution >= 4 is 19.8 Å². The van der Waals surface area contributed by atoms with Gasteiger partial charge < -0.3 is 39.9 Å². The van der Waals surface area contributed by atoms with Crippen LogP contribution in [0.15, 0.2) is 85.1 Å². The lowest BCUT2D eigenvalue weighted by atomic mass is 9.85. The zero-order valence-electron chi connectivity index (χ0n) is 36.0. The third-order valence-electron chi connectivity index (χ3n) is 9.48. The third-order valence-corrected chi connectivity index (χ3v) is 10.5. The fourth-order valence-corrected chi connectivity index (χ4v) is 6.93. The molecule has 1 aliphatic carbocycles. The van der Waals surface area contributed by atoms with Gasteiger partial charge in [0.25, 0.3) is 0 Å². The van der Waals surface area contributed by atoms with Gasteiger partial charge in [-0.3, -0.25) is 18.6 Å². The first-order chi connectivity index (χ1) is 28.9. The number of phosphoric acid groups is 1. The highest BCUT2D eigenvalue weighted by Gasteiger charge is 2.51. The monoisotopic (exact) mass is 866 g/mol. The Hall–Kier alpha value is -2.97. The van der Waals surface area contributed by atoms with Gasteiger partial charge in [0.1, 0.15) is 43.2 Å².